The van der Waals surface area contributed by atoms with Gasteiger partial charge in [-0.3, -0.25) is 9.69 Å². The van der Waals surface area contributed by atoms with Gasteiger partial charge in [-0.1, -0.05) is 41.6 Å². The molecule has 1 amide bonds. The van der Waals surface area contributed by atoms with E-state index in [-0.39, 0.29) is 0 Å². The van der Waals surface area contributed by atoms with Crippen molar-refractivity contribution < 1.29 is 4.79 Å². The Kier molecular flexibility index (Phi) is 3.02. The number of benzene rings is 2. The fourth-order valence-corrected chi connectivity index (χ4v) is 3.20. The third-order valence-corrected chi connectivity index (χ3v) is 4.26. The first-order chi connectivity index (χ1) is 8.78. The highest BCUT2D eigenvalue weighted by Crippen LogP contribution is 2.41. The predicted molar refractivity (Wildman–Crippen MR) is 73.9 cm³/mol. The van der Waals surface area contributed by atoms with Crippen LogP contribution >= 0.6 is 23.4 Å². The van der Waals surface area contributed by atoms with E-state index in [1.165, 1.54) is 4.90 Å². The Balaban J connectivity index is 2.17. The third kappa shape index (κ3) is 2.00. The lowest BCUT2D eigenvalue weighted by Gasteiger charge is -2.16. The van der Waals surface area contributed by atoms with Gasteiger partial charge in [0.15, 0.2) is 0 Å². The second kappa shape index (κ2) is 4.67. The van der Waals surface area contributed by atoms with Crippen LogP contribution in [0.3, 0.4) is 0 Å². The number of carbonyl (C=O) groups excluding carboxylic acids is 1. The monoisotopic (exact) mass is 274 g/mol. The average Bonchev–Trinajstić information content (AvgIpc) is 2.54. The molecule has 2 nitrogen and oxygen atoms in total. The number of anilines is 1. The van der Waals surface area contributed by atoms with Crippen LogP contribution in [0, 0.1) is 0 Å². The Hall–Kier alpha value is -1.45. The lowest BCUT2D eigenvalue weighted by molar-refractivity contribution is 0.550. The lowest BCUT2D eigenvalue weighted by atomic mass is 10.2. The predicted octanol–water partition coefficient (Wildman–Crippen LogP) is 3.88. The summed E-state index contributed by atoms with van der Waals surface area (Å²) in [6.07, 6.45) is 1.98. The van der Waals surface area contributed by atoms with E-state index in [4.69, 9.17) is 11.6 Å². The van der Waals surface area contributed by atoms with Crippen LogP contribution in [0.1, 0.15) is 5.56 Å². The highest BCUT2D eigenvalue weighted by molar-refractivity contribution is 7.99. The quantitative estimate of drug-likeness (QED) is 0.787. The van der Waals surface area contributed by atoms with Crippen LogP contribution in [0.4, 0.5) is 5.69 Å². The number of halogens is 1. The Morgan fingerprint density at radius 3 is 2.83 bits per heavy atom. The maximum atomic E-state index is 11.1. The first kappa shape index (κ1) is 11.6. The highest BCUT2D eigenvalue weighted by Gasteiger charge is 2.19. The molecule has 3 rings (SSSR count). The van der Waals surface area contributed by atoms with Crippen LogP contribution in [0.25, 0.3) is 0 Å². The van der Waals surface area contributed by atoms with E-state index in [0.717, 1.165) is 16.1 Å². The number of nitrogens with zero attached hydrogens (tertiary/aromatic N) is 1. The number of hydrogen-bond donors (Lipinski definition) is 0. The average molecular weight is 275 g/mol. The molecular formula is C14H9ClNOS. The zero-order valence-electron chi connectivity index (χ0n) is 9.39. The van der Waals surface area contributed by atoms with Crippen LogP contribution in [-0.2, 0) is 11.3 Å². The van der Waals surface area contributed by atoms with Crippen LogP contribution in [0.5, 0.6) is 0 Å². The van der Waals surface area contributed by atoms with Gasteiger partial charge in [0, 0.05) is 14.8 Å². The standard InChI is InChI=1S/C14H9ClNOS/c15-11-5-6-14-12(7-11)16(9-17)8-10-3-1-2-4-13(10)18-14/h1-7H,8H2. The Bertz CT molecular complexity index is 614. The molecule has 89 valence electrons. The van der Waals surface area contributed by atoms with Crippen molar-refractivity contribution in [2.75, 3.05) is 4.90 Å². The van der Waals surface area contributed by atoms with Gasteiger partial charge in [-0.05, 0) is 29.8 Å². The SMILES string of the molecule is O=[C]N1Cc2ccccc2Sc2ccc(Cl)cc21. The van der Waals surface area contributed by atoms with Crippen molar-refractivity contribution in [1.29, 1.82) is 0 Å². The van der Waals surface area contributed by atoms with Crippen LogP contribution < -0.4 is 4.90 Å². The zero-order chi connectivity index (χ0) is 12.5. The zero-order valence-corrected chi connectivity index (χ0v) is 11.0. The summed E-state index contributed by atoms with van der Waals surface area (Å²) in [5.41, 5.74) is 1.94. The van der Waals surface area contributed by atoms with E-state index in [0.29, 0.717) is 11.6 Å². The summed E-state index contributed by atoms with van der Waals surface area (Å²) in [7, 11) is 0. The van der Waals surface area contributed by atoms with Gasteiger partial charge in [-0.25, -0.2) is 0 Å². The summed E-state index contributed by atoms with van der Waals surface area (Å²) < 4.78 is 0. The maximum absolute atomic E-state index is 11.1. The van der Waals surface area contributed by atoms with Gasteiger partial charge < -0.3 is 0 Å². The molecule has 0 bridgehead atoms. The number of hydrogen-bond acceptors (Lipinski definition) is 2. The highest BCUT2D eigenvalue weighted by atomic mass is 35.5. The molecule has 0 atom stereocenters. The van der Waals surface area contributed by atoms with Crippen molar-refractivity contribution in [2.45, 2.75) is 16.3 Å². The minimum absolute atomic E-state index is 0.528. The molecule has 2 aromatic rings. The van der Waals surface area contributed by atoms with Crippen molar-refractivity contribution in [3.63, 3.8) is 0 Å². The van der Waals surface area contributed by atoms with Crippen LogP contribution in [0.15, 0.2) is 52.3 Å². The molecule has 0 spiro atoms. The third-order valence-electron chi connectivity index (χ3n) is 2.84. The molecule has 1 aliphatic heterocycles. The molecule has 0 N–H and O–H groups in total. The molecule has 0 unspecified atom stereocenters. The summed E-state index contributed by atoms with van der Waals surface area (Å²) in [6, 6.07) is 13.7. The summed E-state index contributed by atoms with van der Waals surface area (Å²) in [5.74, 6) is 0. The van der Waals surface area contributed by atoms with Gasteiger partial charge in [0.1, 0.15) is 0 Å². The Morgan fingerprint density at radius 2 is 2.00 bits per heavy atom. The molecule has 0 aliphatic carbocycles. The van der Waals surface area contributed by atoms with Crippen LogP contribution in [0.2, 0.25) is 5.02 Å². The van der Waals surface area contributed by atoms with E-state index in [1.807, 2.05) is 36.7 Å². The second-order valence-electron chi connectivity index (χ2n) is 4.00. The summed E-state index contributed by atoms with van der Waals surface area (Å²) in [4.78, 5) is 14.9. The van der Waals surface area contributed by atoms with E-state index < -0.39 is 0 Å². The molecule has 0 fully saturated rings. The van der Waals surface area contributed by atoms with E-state index in [2.05, 4.69) is 6.07 Å². The Labute approximate surface area is 115 Å². The van der Waals surface area contributed by atoms with Crippen molar-refractivity contribution >= 4 is 35.5 Å². The minimum atomic E-state index is 0.528. The molecule has 1 radical (unpaired) electrons. The van der Waals surface area contributed by atoms with E-state index in [9.17, 15) is 4.79 Å². The number of amides is 1. The largest absolute Gasteiger partial charge is 0.317 e. The van der Waals surface area contributed by atoms with Crippen molar-refractivity contribution in [3.05, 3.63) is 53.1 Å². The summed E-state index contributed by atoms with van der Waals surface area (Å²) in [6.45, 7) is 0.528. The molecule has 18 heavy (non-hydrogen) atoms. The van der Waals surface area contributed by atoms with Gasteiger partial charge in [0.2, 0.25) is 0 Å². The molecular weight excluding hydrogens is 266 g/mol. The Morgan fingerprint density at radius 1 is 1.17 bits per heavy atom. The molecule has 0 saturated heterocycles. The van der Waals surface area contributed by atoms with Crippen LogP contribution in [-0.4, -0.2) is 6.41 Å². The van der Waals surface area contributed by atoms with Gasteiger partial charge in [0.05, 0.1) is 12.2 Å². The maximum Gasteiger partial charge on any atom is 0.317 e. The van der Waals surface area contributed by atoms with Crippen molar-refractivity contribution in [2.24, 2.45) is 0 Å². The number of fused-ring (bicyclic) bond motifs is 2. The lowest BCUT2D eigenvalue weighted by Crippen LogP contribution is -2.20. The smallest absolute Gasteiger partial charge is 0.298 e. The molecule has 1 heterocycles. The fourth-order valence-electron chi connectivity index (χ4n) is 1.98. The van der Waals surface area contributed by atoms with Gasteiger partial charge in [-0.2, -0.15) is 0 Å². The van der Waals surface area contributed by atoms with Crippen molar-refractivity contribution in [1.82, 2.24) is 0 Å². The van der Waals surface area contributed by atoms with Gasteiger partial charge in [-0.15, -0.1) is 0 Å². The molecule has 0 saturated carbocycles. The topological polar surface area (TPSA) is 20.3 Å². The second-order valence-corrected chi connectivity index (χ2v) is 5.52. The molecule has 2 aromatic carbocycles. The van der Waals surface area contributed by atoms with E-state index >= 15 is 0 Å². The minimum Gasteiger partial charge on any atom is -0.298 e. The fraction of sp³-hybridized carbons (Fsp3) is 0.0714. The normalized spacial score (nSPS) is 13.5. The first-order valence-corrected chi connectivity index (χ1v) is 6.68. The molecule has 0 aromatic heterocycles. The molecule has 1 aliphatic rings. The van der Waals surface area contributed by atoms with Gasteiger partial charge in [0.25, 0.3) is 0 Å². The summed E-state index contributed by atoms with van der Waals surface area (Å²) in [5, 5.41) is 0.626. The number of rotatable bonds is 1. The first-order valence-electron chi connectivity index (χ1n) is 5.48. The summed E-state index contributed by atoms with van der Waals surface area (Å²) >= 11 is 7.65. The van der Waals surface area contributed by atoms with E-state index in [1.54, 1.807) is 22.7 Å². The van der Waals surface area contributed by atoms with Crippen molar-refractivity contribution in [3.8, 4) is 0 Å². The molecule has 4 heteroatoms. The van der Waals surface area contributed by atoms with Gasteiger partial charge >= 0.3 is 6.41 Å².